The summed E-state index contributed by atoms with van der Waals surface area (Å²) >= 11 is 1.68. The van der Waals surface area contributed by atoms with Crippen molar-refractivity contribution >= 4 is 17.7 Å². The SMILES string of the molecule is CCOc1ccc([C@@H]2CC(=O)n3nc(C4C5CC6CC(C5)CC4C6)nc3S2)cc1. The van der Waals surface area contributed by atoms with Crippen LogP contribution in [-0.2, 0) is 0 Å². The highest BCUT2D eigenvalue weighted by Gasteiger charge is 2.50. The zero-order valence-electron chi connectivity index (χ0n) is 16.8. The number of aromatic nitrogens is 3. The second-order valence-corrected chi connectivity index (χ2v) is 10.5. The predicted octanol–water partition coefficient (Wildman–Crippen LogP) is 5.09. The molecule has 4 fully saturated rings. The molecular formula is C23H27N3O2S. The van der Waals surface area contributed by atoms with Crippen molar-refractivity contribution in [2.45, 2.75) is 61.8 Å². The van der Waals surface area contributed by atoms with Gasteiger partial charge in [0.15, 0.2) is 11.0 Å². The Labute approximate surface area is 175 Å². The predicted molar refractivity (Wildman–Crippen MR) is 111 cm³/mol. The van der Waals surface area contributed by atoms with E-state index in [2.05, 4.69) is 12.1 Å². The van der Waals surface area contributed by atoms with Crippen LogP contribution in [-0.4, -0.2) is 27.3 Å². The lowest BCUT2D eigenvalue weighted by molar-refractivity contribution is -0.00571. The number of hydrogen-bond acceptors (Lipinski definition) is 5. The molecule has 1 atom stereocenters. The zero-order valence-corrected chi connectivity index (χ0v) is 17.6. The molecule has 29 heavy (non-hydrogen) atoms. The van der Waals surface area contributed by atoms with Gasteiger partial charge in [0.2, 0.25) is 0 Å². The number of thioether (sulfide) groups is 1. The van der Waals surface area contributed by atoms with Gasteiger partial charge in [-0.25, -0.2) is 4.98 Å². The fourth-order valence-corrected chi connectivity index (χ4v) is 7.75. The Bertz CT molecular complexity index is 910. The molecule has 0 amide bonds. The first-order valence-corrected chi connectivity index (χ1v) is 12.0. The Morgan fingerprint density at radius 1 is 1.07 bits per heavy atom. The van der Waals surface area contributed by atoms with Crippen LogP contribution < -0.4 is 4.74 Å². The van der Waals surface area contributed by atoms with Crippen LogP contribution in [0.3, 0.4) is 0 Å². The molecule has 0 spiro atoms. The van der Waals surface area contributed by atoms with Crippen molar-refractivity contribution in [3.05, 3.63) is 35.7 Å². The van der Waals surface area contributed by atoms with Gasteiger partial charge in [-0.15, -0.1) is 5.10 Å². The molecule has 5 nitrogen and oxygen atoms in total. The van der Waals surface area contributed by atoms with Gasteiger partial charge in [0, 0.05) is 17.6 Å². The molecule has 1 aromatic heterocycles. The average Bonchev–Trinajstić information content (AvgIpc) is 3.12. The summed E-state index contributed by atoms with van der Waals surface area (Å²) in [6, 6.07) is 8.12. The standard InChI is InChI=1S/C23H27N3O2S/c1-2-28-18-5-3-15(4-6-18)19-12-20(27)26-23(29-19)24-22(25-26)21-16-8-13-7-14(10-16)11-17(21)9-13/h3-6,13-14,16-17,19,21H,2,7-12H2,1H3/t13?,14?,16?,17?,19-,21?/m0/s1. The fraction of sp³-hybridized carbons (Fsp3) is 0.609. The van der Waals surface area contributed by atoms with E-state index in [0.29, 0.717) is 18.9 Å². The van der Waals surface area contributed by atoms with E-state index in [1.165, 1.54) is 32.1 Å². The third-order valence-corrected chi connectivity index (χ3v) is 8.72. The monoisotopic (exact) mass is 409 g/mol. The molecule has 1 aromatic carbocycles. The highest BCUT2D eigenvalue weighted by atomic mass is 32.2. The van der Waals surface area contributed by atoms with Gasteiger partial charge >= 0.3 is 0 Å². The summed E-state index contributed by atoms with van der Waals surface area (Å²) in [5.74, 6) is 5.70. The van der Waals surface area contributed by atoms with Crippen molar-refractivity contribution in [2.75, 3.05) is 6.61 Å². The Hall–Kier alpha value is -1.82. The van der Waals surface area contributed by atoms with Gasteiger partial charge in [-0.1, -0.05) is 23.9 Å². The van der Waals surface area contributed by atoms with E-state index in [1.54, 1.807) is 16.4 Å². The number of nitrogens with zero attached hydrogens (tertiary/aromatic N) is 3. The van der Waals surface area contributed by atoms with E-state index in [9.17, 15) is 4.79 Å². The largest absolute Gasteiger partial charge is 0.494 e. The molecule has 4 bridgehead atoms. The summed E-state index contributed by atoms with van der Waals surface area (Å²) in [5, 5.41) is 5.64. The molecule has 7 rings (SSSR count). The molecule has 4 saturated carbocycles. The molecule has 0 unspecified atom stereocenters. The van der Waals surface area contributed by atoms with Crippen LogP contribution in [0.2, 0.25) is 0 Å². The van der Waals surface area contributed by atoms with Gasteiger partial charge in [-0.2, -0.15) is 4.68 Å². The van der Waals surface area contributed by atoms with Gasteiger partial charge < -0.3 is 4.74 Å². The first kappa shape index (κ1) is 18.0. The van der Waals surface area contributed by atoms with Crippen LogP contribution in [0.15, 0.2) is 29.4 Å². The van der Waals surface area contributed by atoms with Gasteiger partial charge in [-0.05, 0) is 80.4 Å². The first-order valence-electron chi connectivity index (χ1n) is 11.1. The minimum atomic E-state index is 0.0696. The number of fused-ring (bicyclic) bond motifs is 1. The summed E-state index contributed by atoms with van der Waals surface area (Å²) in [7, 11) is 0. The van der Waals surface area contributed by atoms with Crippen molar-refractivity contribution in [2.24, 2.45) is 23.7 Å². The quantitative estimate of drug-likeness (QED) is 0.704. The summed E-state index contributed by atoms with van der Waals surface area (Å²) in [6.07, 6.45) is 7.30. The van der Waals surface area contributed by atoms with Crippen LogP contribution in [0.25, 0.3) is 0 Å². The van der Waals surface area contributed by atoms with E-state index in [4.69, 9.17) is 14.8 Å². The van der Waals surface area contributed by atoms with Crippen LogP contribution in [0.1, 0.15) is 72.8 Å². The fourth-order valence-electron chi connectivity index (χ4n) is 6.58. The molecule has 0 saturated heterocycles. The molecule has 6 heteroatoms. The number of carbonyl (C=O) groups is 1. The van der Waals surface area contributed by atoms with Crippen LogP contribution >= 0.6 is 11.8 Å². The second-order valence-electron chi connectivity index (χ2n) is 9.33. The maximum atomic E-state index is 12.9. The lowest BCUT2D eigenvalue weighted by atomic mass is 9.52. The van der Waals surface area contributed by atoms with E-state index in [-0.39, 0.29) is 11.2 Å². The lowest BCUT2D eigenvalue weighted by Crippen LogP contribution is -2.44. The highest BCUT2D eigenvalue weighted by molar-refractivity contribution is 7.99. The third-order valence-electron chi connectivity index (χ3n) is 7.53. The molecule has 1 aliphatic heterocycles. The summed E-state index contributed by atoms with van der Waals surface area (Å²) < 4.78 is 7.14. The van der Waals surface area contributed by atoms with Crippen molar-refractivity contribution in [1.29, 1.82) is 0 Å². The summed E-state index contributed by atoms with van der Waals surface area (Å²) in [5.41, 5.74) is 1.15. The molecule has 0 N–H and O–H groups in total. The average molecular weight is 410 g/mol. The molecule has 152 valence electrons. The first-order chi connectivity index (χ1) is 14.2. The number of carbonyl (C=O) groups excluding carboxylic acids is 1. The van der Waals surface area contributed by atoms with Crippen molar-refractivity contribution in [3.63, 3.8) is 0 Å². The van der Waals surface area contributed by atoms with Crippen molar-refractivity contribution < 1.29 is 9.53 Å². The van der Waals surface area contributed by atoms with Crippen molar-refractivity contribution in [1.82, 2.24) is 14.8 Å². The topological polar surface area (TPSA) is 57.0 Å². The maximum Gasteiger partial charge on any atom is 0.250 e. The Morgan fingerprint density at radius 3 is 2.41 bits per heavy atom. The van der Waals surface area contributed by atoms with E-state index in [1.807, 2.05) is 19.1 Å². The van der Waals surface area contributed by atoms with E-state index >= 15 is 0 Å². The van der Waals surface area contributed by atoms with Crippen LogP contribution in [0.4, 0.5) is 0 Å². The zero-order chi connectivity index (χ0) is 19.5. The molecule has 0 radical (unpaired) electrons. The number of rotatable bonds is 4. The number of benzene rings is 1. The highest BCUT2D eigenvalue weighted by Crippen LogP contribution is 2.59. The number of hydrogen-bond donors (Lipinski definition) is 0. The van der Waals surface area contributed by atoms with Gasteiger partial charge in [0.05, 0.1) is 6.61 Å². The second kappa shape index (κ2) is 6.86. The maximum absolute atomic E-state index is 12.9. The molecule has 4 aliphatic carbocycles. The lowest BCUT2D eigenvalue weighted by Gasteiger charge is -2.53. The Balaban J connectivity index is 1.26. The Kier molecular flexibility index (Phi) is 4.26. The third kappa shape index (κ3) is 3.02. The molecular weight excluding hydrogens is 382 g/mol. The molecule has 5 aliphatic rings. The molecule has 2 aromatic rings. The van der Waals surface area contributed by atoms with E-state index < -0.39 is 0 Å². The van der Waals surface area contributed by atoms with Crippen LogP contribution in [0, 0.1) is 23.7 Å². The number of ether oxygens (including phenoxy) is 1. The van der Waals surface area contributed by atoms with Gasteiger partial charge in [0.1, 0.15) is 5.75 Å². The molecule has 2 heterocycles. The minimum Gasteiger partial charge on any atom is -0.494 e. The Morgan fingerprint density at radius 2 is 1.76 bits per heavy atom. The van der Waals surface area contributed by atoms with E-state index in [0.717, 1.165) is 46.0 Å². The van der Waals surface area contributed by atoms with Gasteiger partial charge in [0.25, 0.3) is 5.91 Å². The summed E-state index contributed by atoms with van der Waals surface area (Å²) in [6.45, 7) is 2.64. The van der Waals surface area contributed by atoms with Crippen molar-refractivity contribution in [3.8, 4) is 5.75 Å². The van der Waals surface area contributed by atoms with Gasteiger partial charge in [-0.3, -0.25) is 4.79 Å². The minimum absolute atomic E-state index is 0.0696. The summed E-state index contributed by atoms with van der Waals surface area (Å²) in [4.78, 5) is 17.8. The normalized spacial score (nSPS) is 35.0. The van der Waals surface area contributed by atoms with Crippen LogP contribution in [0.5, 0.6) is 5.75 Å². The smallest absolute Gasteiger partial charge is 0.250 e.